The van der Waals surface area contributed by atoms with E-state index >= 15 is 0 Å². The number of benzene rings is 1. The highest BCUT2D eigenvalue weighted by Gasteiger charge is 2.21. The maximum atomic E-state index is 13.3. The summed E-state index contributed by atoms with van der Waals surface area (Å²) in [4.78, 5) is 11.7. The molecular weight excluding hydrogens is 226 g/mol. The summed E-state index contributed by atoms with van der Waals surface area (Å²) in [5.74, 6) is -1.28. The number of rotatable bonds is 5. The third kappa shape index (κ3) is 4.23. The summed E-state index contributed by atoms with van der Waals surface area (Å²) < 4.78 is 31.3. The predicted octanol–water partition coefficient (Wildman–Crippen LogP) is 2.89. The number of carbonyl (C=O) groups excluding carboxylic acids is 1. The molecule has 0 amide bonds. The standard InChI is InChI=1S/C13H16F2O2/c1-13(2,17-3)8-11(16)7-9-6-10(14)4-5-12(9)15/h4-6H,7-8H2,1-3H3. The van der Waals surface area contributed by atoms with Crippen molar-refractivity contribution in [3.63, 3.8) is 0 Å². The van der Waals surface area contributed by atoms with Crippen LogP contribution >= 0.6 is 0 Å². The van der Waals surface area contributed by atoms with Crippen molar-refractivity contribution in [2.24, 2.45) is 0 Å². The number of Topliss-reactive ketones (excluding diaryl/α,β-unsaturated/α-hetero) is 1. The Balaban J connectivity index is 2.71. The van der Waals surface area contributed by atoms with E-state index in [0.717, 1.165) is 18.2 Å². The molecule has 0 fully saturated rings. The van der Waals surface area contributed by atoms with Gasteiger partial charge < -0.3 is 4.74 Å². The van der Waals surface area contributed by atoms with Gasteiger partial charge in [-0.2, -0.15) is 0 Å². The Morgan fingerprint density at radius 1 is 1.35 bits per heavy atom. The number of hydrogen-bond donors (Lipinski definition) is 0. The van der Waals surface area contributed by atoms with E-state index in [1.165, 1.54) is 7.11 Å². The molecule has 1 aromatic carbocycles. The van der Waals surface area contributed by atoms with Crippen LogP contribution in [-0.4, -0.2) is 18.5 Å². The minimum absolute atomic E-state index is 0.0851. The van der Waals surface area contributed by atoms with Crippen LogP contribution in [0.3, 0.4) is 0 Å². The van der Waals surface area contributed by atoms with E-state index in [1.807, 2.05) is 0 Å². The van der Waals surface area contributed by atoms with Gasteiger partial charge in [0.15, 0.2) is 0 Å². The predicted molar refractivity (Wildman–Crippen MR) is 60.8 cm³/mol. The molecule has 0 saturated carbocycles. The summed E-state index contributed by atoms with van der Waals surface area (Å²) in [5.41, 5.74) is -0.497. The van der Waals surface area contributed by atoms with Crippen molar-refractivity contribution in [2.45, 2.75) is 32.3 Å². The molecule has 0 unspecified atom stereocenters. The molecule has 1 rings (SSSR count). The van der Waals surface area contributed by atoms with Crippen LogP contribution in [0.2, 0.25) is 0 Å². The molecule has 4 heteroatoms. The van der Waals surface area contributed by atoms with E-state index in [1.54, 1.807) is 13.8 Å². The summed E-state index contributed by atoms with van der Waals surface area (Å²) >= 11 is 0. The Labute approximate surface area is 99.6 Å². The Morgan fingerprint density at radius 2 is 2.00 bits per heavy atom. The van der Waals surface area contributed by atoms with Crippen LogP contribution in [-0.2, 0) is 16.0 Å². The number of ether oxygens (including phenoxy) is 1. The summed E-state index contributed by atoms with van der Waals surface area (Å²) in [6.07, 6.45) is 0.0514. The normalized spacial score (nSPS) is 11.6. The molecule has 17 heavy (non-hydrogen) atoms. The largest absolute Gasteiger partial charge is 0.378 e. The van der Waals surface area contributed by atoms with Crippen LogP contribution in [0, 0.1) is 11.6 Å². The van der Waals surface area contributed by atoms with Gasteiger partial charge in [0.25, 0.3) is 0 Å². The SMILES string of the molecule is COC(C)(C)CC(=O)Cc1cc(F)ccc1F. The Kier molecular flexibility index (Phi) is 4.34. The number of carbonyl (C=O) groups is 1. The van der Waals surface area contributed by atoms with Crippen LogP contribution < -0.4 is 0 Å². The zero-order chi connectivity index (χ0) is 13.1. The lowest BCUT2D eigenvalue weighted by Crippen LogP contribution is -2.27. The fourth-order valence-corrected chi connectivity index (χ4v) is 1.50. The van der Waals surface area contributed by atoms with Crippen molar-refractivity contribution in [2.75, 3.05) is 7.11 Å². The topological polar surface area (TPSA) is 26.3 Å². The van der Waals surface area contributed by atoms with Crippen LogP contribution in [0.1, 0.15) is 25.8 Å². The zero-order valence-electron chi connectivity index (χ0n) is 10.2. The molecule has 0 bridgehead atoms. The summed E-state index contributed by atoms with van der Waals surface area (Å²) in [6, 6.07) is 3.11. The van der Waals surface area contributed by atoms with Gasteiger partial charge in [0, 0.05) is 20.0 Å². The van der Waals surface area contributed by atoms with E-state index < -0.39 is 17.2 Å². The number of hydrogen-bond acceptors (Lipinski definition) is 2. The zero-order valence-corrected chi connectivity index (χ0v) is 10.2. The first kappa shape index (κ1) is 13.8. The molecule has 0 N–H and O–H groups in total. The molecule has 0 aromatic heterocycles. The maximum Gasteiger partial charge on any atom is 0.140 e. The van der Waals surface area contributed by atoms with Crippen LogP contribution in [0.5, 0.6) is 0 Å². The molecule has 0 spiro atoms. The highest BCUT2D eigenvalue weighted by atomic mass is 19.1. The van der Waals surface area contributed by atoms with Crippen molar-refractivity contribution in [1.82, 2.24) is 0 Å². The molecule has 0 aliphatic rings. The van der Waals surface area contributed by atoms with Gasteiger partial charge in [0.2, 0.25) is 0 Å². The highest BCUT2D eigenvalue weighted by molar-refractivity contribution is 5.81. The summed E-state index contributed by atoms with van der Waals surface area (Å²) in [7, 11) is 1.51. The maximum absolute atomic E-state index is 13.3. The van der Waals surface area contributed by atoms with Crippen molar-refractivity contribution in [1.29, 1.82) is 0 Å². The number of ketones is 1. The minimum atomic E-state index is -0.582. The Hall–Kier alpha value is -1.29. The van der Waals surface area contributed by atoms with Gasteiger partial charge in [-0.15, -0.1) is 0 Å². The molecule has 1 aromatic rings. The average Bonchev–Trinajstić information content (AvgIpc) is 2.23. The first-order chi connectivity index (χ1) is 7.84. The van der Waals surface area contributed by atoms with Gasteiger partial charge >= 0.3 is 0 Å². The van der Waals surface area contributed by atoms with Gasteiger partial charge in [0.05, 0.1) is 5.60 Å². The Morgan fingerprint density at radius 3 is 2.59 bits per heavy atom. The van der Waals surface area contributed by atoms with E-state index in [9.17, 15) is 13.6 Å². The second-order valence-corrected chi connectivity index (χ2v) is 4.59. The van der Waals surface area contributed by atoms with Crippen LogP contribution in [0.4, 0.5) is 8.78 Å². The third-order valence-electron chi connectivity index (χ3n) is 2.57. The second-order valence-electron chi connectivity index (χ2n) is 4.59. The molecule has 94 valence electrons. The van der Waals surface area contributed by atoms with Crippen molar-refractivity contribution >= 4 is 5.78 Å². The fraction of sp³-hybridized carbons (Fsp3) is 0.462. The van der Waals surface area contributed by atoms with Gasteiger partial charge in [-0.3, -0.25) is 4.79 Å². The lowest BCUT2D eigenvalue weighted by molar-refractivity contribution is -0.123. The Bertz CT molecular complexity index is 414. The molecule has 0 heterocycles. The van der Waals surface area contributed by atoms with Crippen LogP contribution in [0.15, 0.2) is 18.2 Å². The van der Waals surface area contributed by atoms with Crippen molar-refractivity contribution < 1.29 is 18.3 Å². The molecule has 0 aliphatic heterocycles. The summed E-state index contributed by atoms with van der Waals surface area (Å²) in [5, 5.41) is 0. The van der Waals surface area contributed by atoms with Crippen molar-refractivity contribution in [3.8, 4) is 0 Å². The fourth-order valence-electron chi connectivity index (χ4n) is 1.50. The summed E-state index contributed by atoms with van der Waals surface area (Å²) in [6.45, 7) is 3.54. The van der Waals surface area contributed by atoms with E-state index in [0.29, 0.717) is 0 Å². The molecule has 0 radical (unpaired) electrons. The molecule has 0 atom stereocenters. The third-order valence-corrected chi connectivity index (χ3v) is 2.57. The first-order valence-electron chi connectivity index (χ1n) is 5.35. The second kappa shape index (κ2) is 5.36. The quantitative estimate of drug-likeness (QED) is 0.793. The van der Waals surface area contributed by atoms with Gasteiger partial charge in [-0.25, -0.2) is 8.78 Å². The average molecular weight is 242 g/mol. The molecule has 0 aliphatic carbocycles. The van der Waals surface area contributed by atoms with Gasteiger partial charge in [-0.05, 0) is 37.6 Å². The monoisotopic (exact) mass is 242 g/mol. The minimum Gasteiger partial charge on any atom is -0.378 e. The number of halogens is 2. The van der Waals surface area contributed by atoms with Crippen molar-refractivity contribution in [3.05, 3.63) is 35.4 Å². The lowest BCUT2D eigenvalue weighted by atomic mass is 9.97. The molecular formula is C13H16F2O2. The smallest absolute Gasteiger partial charge is 0.140 e. The van der Waals surface area contributed by atoms with E-state index in [4.69, 9.17) is 4.74 Å². The van der Waals surface area contributed by atoms with Gasteiger partial charge in [-0.1, -0.05) is 0 Å². The van der Waals surface area contributed by atoms with E-state index in [2.05, 4.69) is 0 Å². The lowest BCUT2D eigenvalue weighted by Gasteiger charge is -2.21. The van der Waals surface area contributed by atoms with Gasteiger partial charge in [0.1, 0.15) is 17.4 Å². The number of methoxy groups -OCH3 is 1. The molecule has 0 saturated heterocycles. The van der Waals surface area contributed by atoms with E-state index in [-0.39, 0.29) is 24.2 Å². The highest BCUT2D eigenvalue weighted by Crippen LogP contribution is 2.17. The molecule has 2 nitrogen and oxygen atoms in total. The van der Waals surface area contributed by atoms with Crippen LogP contribution in [0.25, 0.3) is 0 Å². The first-order valence-corrected chi connectivity index (χ1v) is 5.35.